The van der Waals surface area contributed by atoms with E-state index in [9.17, 15) is 4.79 Å². The lowest BCUT2D eigenvalue weighted by atomic mass is 9.93. The Morgan fingerprint density at radius 3 is 2.72 bits per heavy atom. The fourth-order valence-corrected chi connectivity index (χ4v) is 4.39. The Morgan fingerprint density at radius 1 is 1.24 bits per heavy atom. The number of nitrogens with zero attached hydrogens (tertiary/aromatic N) is 3. The first kappa shape index (κ1) is 19.8. The van der Waals surface area contributed by atoms with E-state index in [1.54, 1.807) is 18.2 Å². The molecule has 0 unspecified atom stereocenters. The minimum atomic E-state index is -0.366. The predicted octanol–water partition coefficient (Wildman–Crippen LogP) is 3.03. The molecule has 29 heavy (non-hydrogen) atoms. The number of amides is 1. The van der Waals surface area contributed by atoms with E-state index in [1.165, 1.54) is 0 Å². The zero-order valence-electron chi connectivity index (χ0n) is 17.2. The van der Waals surface area contributed by atoms with E-state index in [1.807, 2.05) is 18.7 Å². The molecule has 3 heterocycles. The van der Waals surface area contributed by atoms with Crippen LogP contribution in [0.25, 0.3) is 0 Å². The van der Waals surface area contributed by atoms with Gasteiger partial charge in [0.15, 0.2) is 11.5 Å². The second kappa shape index (κ2) is 8.11. The Kier molecular flexibility index (Phi) is 5.55. The number of fused-ring (bicyclic) bond motifs is 1. The van der Waals surface area contributed by atoms with Crippen molar-refractivity contribution in [2.75, 3.05) is 39.3 Å². The van der Waals surface area contributed by atoms with Gasteiger partial charge in [0, 0.05) is 19.2 Å². The van der Waals surface area contributed by atoms with Crippen molar-refractivity contribution in [3.8, 4) is 17.6 Å². The molecule has 0 radical (unpaired) electrons. The van der Waals surface area contributed by atoms with Gasteiger partial charge in [0.2, 0.25) is 0 Å². The first-order valence-electron chi connectivity index (χ1n) is 10.5. The molecule has 4 rings (SSSR count). The standard InChI is InChI=1S/C22H29N3O4/c1-22(2)15-25(21(26)29-22)10-7-16-5-8-24(9-6-16)13-18-14-27-19-4-3-17(12-23)11-20(19)28-18/h3-4,11,16,18H,5-10,13-15H2,1-2H3/t18-/m0/s1. The number of nitriles is 1. The maximum Gasteiger partial charge on any atom is 0.410 e. The van der Waals surface area contributed by atoms with E-state index in [0.717, 1.165) is 45.4 Å². The maximum absolute atomic E-state index is 11.9. The largest absolute Gasteiger partial charge is 0.486 e. The van der Waals surface area contributed by atoms with Gasteiger partial charge in [0.25, 0.3) is 0 Å². The van der Waals surface area contributed by atoms with Crippen LogP contribution in [0, 0.1) is 17.2 Å². The number of likely N-dealkylation sites (tertiary alicyclic amines) is 1. The molecule has 0 N–H and O–H groups in total. The highest BCUT2D eigenvalue weighted by Gasteiger charge is 2.37. The summed E-state index contributed by atoms with van der Waals surface area (Å²) in [5.74, 6) is 2.02. The van der Waals surface area contributed by atoms with Crippen LogP contribution in [-0.2, 0) is 4.74 Å². The summed E-state index contributed by atoms with van der Waals surface area (Å²) in [6, 6.07) is 7.43. The van der Waals surface area contributed by atoms with Crippen LogP contribution in [0.2, 0.25) is 0 Å². The number of piperidine rings is 1. The summed E-state index contributed by atoms with van der Waals surface area (Å²) in [4.78, 5) is 16.2. The molecular formula is C22H29N3O4. The number of ether oxygens (including phenoxy) is 3. The lowest BCUT2D eigenvalue weighted by Crippen LogP contribution is -2.44. The molecule has 1 amide bonds. The van der Waals surface area contributed by atoms with Crippen LogP contribution in [0.15, 0.2) is 18.2 Å². The van der Waals surface area contributed by atoms with E-state index in [-0.39, 0.29) is 17.8 Å². The quantitative estimate of drug-likeness (QED) is 0.758. The Balaban J connectivity index is 1.20. The first-order chi connectivity index (χ1) is 13.9. The number of hydrogen-bond donors (Lipinski definition) is 0. The van der Waals surface area contributed by atoms with E-state index in [2.05, 4.69) is 11.0 Å². The number of benzene rings is 1. The first-order valence-corrected chi connectivity index (χ1v) is 10.5. The van der Waals surface area contributed by atoms with Crippen molar-refractivity contribution in [2.45, 2.75) is 44.8 Å². The molecule has 2 fully saturated rings. The molecule has 0 saturated carbocycles. The zero-order valence-corrected chi connectivity index (χ0v) is 17.2. The Morgan fingerprint density at radius 2 is 2.03 bits per heavy atom. The normalized spacial score (nSPS) is 24.2. The summed E-state index contributed by atoms with van der Waals surface area (Å²) in [7, 11) is 0. The SMILES string of the molecule is CC1(C)CN(CCC2CCN(C[C@H]3COc4ccc(C#N)cc4O3)CC2)C(=O)O1. The number of rotatable bonds is 5. The molecule has 0 bridgehead atoms. The van der Waals surface area contributed by atoms with Gasteiger partial charge >= 0.3 is 6.09 Å². The topological polar surface area (TPSA) is 75.0 Å². The highest BCUT2D eigenvalue weighted by atomic mass is 16.6. The number of carbonyl (C=O) groups excluding carboxylic acids is 1. The molecule has 1 aromatic carbocycles. The molecular weight excluding hydrogens is 370 g/mol. The number of hydrogen-bond acceptors (Lipinski definition) is 6. The van der Waals surface area contributed by atoms with Gasteiger partial charge in [-0.3, -0.25) is 4.90 Å². The highest BCUT2D eigenvalue weighted by molar-refractivity contribution is 5.70. The van der Waals surface area contributed by atoms with Crippen LogP contribution in [0.4, 0.5) is 4.79 Å². The van der Waals surface area contributed by atoms with Crippen LogP contribution in [0.3, 0.4) is 0 Å². The van der Waals surface area contributed by atoms with Crippen molar-refractivity contribution < 1.29 is 19.0 Å². The molecule has 0 aromatic heterocycles. The second-order valence-corrected chi connectivity index (χ2v) is 8.91. The van der Waals surface area contributed by atoms with Crippen molar-refractivity contribution in [1.82, 2.24) is 9.80 Å². The summed E-state index contributed by atoms with van der Waals surface area (Å²) in [6.45, 7) is 8.81. The van der Waals surface area contributed by atoms with Gasteiger partial charge in [-0.2, -0.15) is 5.26 Å². The second-order valence-electron chi connectivity index (χ2n) is 8.91. The monoisotopic (exact) mass is 399 g/mol. The van der Waals surface area contributed by atoms with E-state index >= 15 is 0 Å². The third-order valence-electron chi connectivity index (χ3n) is 5.96. The smallest absolute Gasteiger partial charge is 0.410 e. The van der Waals surface area contributed by atoms with Crippen molar-refractivity contribution in [2.24, 2.45) is 5.92 Å². The van der Waals surface area contributed by atoms with Crippen LogP contribution in [0.5, 0.6) is 11.5 Å². The summed E-state index contributed by atoms with van der Waals surface area (Å²) in [5.41, 5.74) is 0.217. The van der Waals surface area contributed by atoms with E-state index in [0.29, 0.717) is 36.1 Å². The van der Waals surface area contributed by atoms with Gasteiger partial charge in [0.1, 0.15) is 18.3 Å². The van der Waals surface area contributed by atoms with Crippen LogP contribution >= 0.6 is 0 Å². The van der Waals surface area contributed by atoms with Crippen molar-refractivity contribution in [1.29, 1.82) is 5.26 Å². The lowest BCUT2D eigenvalue weighted by molar-refractivity contribution is 0.0467. The summed E-state index contributed by atoms with van der Waals surface area (Å²) in [5, 5.41) is 9.06. The average Bonchev–Trinajstić information content (AvgIpc) is 2.98. The van der Waals surface area contributed by atoms with Gasteiger partial charge < -0.3 is 19.1 Å². The predicted molar refractivity (Wildman–Crippen MR) is 107 cm³/mol. The molecule has 1 atom stereocenters. The van der Waals surface area contributed by atoms with Gasteiger partial charge in [-0.15, -0.1) is 0 Å². The average molecular weight is 399 g/mol. The minimum absolute atomic E-state index is 0.0189. The van der Waals surface area contributed by atoms with Crippen molar-refractivity contribution in [3.05, 3.63) is 23.8 Å². The molecule has 7 nitrogen and oxygen atoms in total. The third-order valence-corrected chi connectivity index (χ3v) is 5.96. The fraction of sp³-hybridized carbons (Fsp3) is 0.636. The molecule has 3 aliphatic heterocycles. The molecule has 156 valence electrons. The third kappa shape index (κ3) is 4.76. The van der Waals surface area contributed by atoms with E-state index < -0.39 is 0 Å². The fourth-order valence-electron chi connectivity index (χ4n) is 4.39. The zero-order chi connectivity index (χ0) is 20.4. The molecule has 7 heteroatoms. The number of carbonyl (C=O) groups is 1. The van der Waals surface area contributed by atoms with Gasteiger partial charge in [-0.25, -0.2) is 4.79 Å². The Hall–Kier alpha value is -2.46. The minimum Gasteiger partial charge on any atom is -0.486 e. The molecule has 0 spiro atoms. The number of cyclic esters (lactones) is 1. The van der Waals surface area contributed by atoms with Crippen LogP contribution < -0.4 is 9.47 Å². The van der Waals surface area contributed by atoms with Gasteiger partial charge in [-0.1, -0.05) is 0 Å². The molecule has 0 aliphatic carbocycles. The molecule has 1 aromatic rings. The van der Waals surface area contributed by atoms with Gasteiger partial charge in [-0.05, 0) is 64.3 Å². The van der Waals surface area contributed by atoms with Crippen molar-refractivity contribution in [3.63, 3.8) is 0 Å². The summed E-state index contributed by atoms with van der Waals surface area (Å²) in [6.07, 6.45) is 3.10. The maximum atomic E-state index is 11.9. The van der Waals surface area contributed by atoms with Crippen molar-refractivity contribution >= 4 is 6.09 Å². The summed E-state index contributed by atoms with van der Waals surface area (Å²) < 4.78 is 17.3. The van der Waals surface area contributed by atoms with Crippen LogP contribution in [-0.4, -0.2) is 66.9 Å². The lowest BCUT2D eigenvalue weighted by Gasteiger charge is -2.36. The molecule has 3 aliphatic rings. The van der Waals surface area contributed by atoms with Gasteiger partial charge in [0.05, 0.1) is 18.2 Å². The highest BCUT2D eigenvalue weighted by Crippen LogP contribution is 2.33. The van der Waals surface area contributed by atoms with E-state index in [4.69, 9.17) is 19.5 Å². The molecule has 2 saturated heterocycles. The Labute approximate surface area is 172 Å². The van der Waals surface area contributed by atoms with Crippen LogP contribution in [0.1, 0.15) is 38.7 Å². The Bertz CT molecular complexity index is 796. The summed E-state index contributed by atoms with van der Waals surface area (Å²) >= 11 is 0.